The van der Waals surface area contributed by atoms with Crippen LogP contribution < -0.4 is 0 Å². The van der Waals surface area contributed by atoms with Gasteiger partial charge in [0.1, 0.15) is 23.2 Å². The van der Waals surface area contributed by atoms with Crippen LogP contribution in [0.5, 0.6) is 11.5 Å². The van der Waals surface area contributed by atoms with Crippen LogP contribution in [0.15, 0.2) is 35.6 Å². The van der Waals surface area contributed by atoms with Crippen LogP contribution >= 0.6 is 0 Å². The van der Waals surface area contributed by atoms with Crippen LogP contribution in [0.3, 0.4) is 0 Å². The molecule has 9 heteroatoms. The zero-order chi connectivity index (χ0) is 21.5. The number of methoxy groups -OCH3 is 1. The summed E-state index contributed by atoms with van der Waals surface area (Å²) in [7, 11) is 1.18. The van der Waals surface area contributed by atoms with E-state index in [1.807, 2.05) is 0 Å². The van der Waals surface area contributed by atoms with Gasteiger partial charge in [0.15, 0.2) is 11.4 Å². The Bertz CT molecular complexity index is 932. The summed E-state index contributed by atoms with van der Waals surface area (Å²) in [6.45, 7) is 2.55. The fourth-order valence-electron chi connectivity index (χ4n) is 3.42. The number of esters is 2. The van der Waals surface area contributed by atoms with Gasteiger partial charge in [-0.3, -0.25) is 4.79 Å². The van der Waals surface area contributed by atoms with Gasteiger partial charge < -0.3 is 29.5 Å². The standard InChI is InChI=1S/C20H20O9/c1-9-4-11(21)7-13(22)16(9)19(25)29-17-12-8-28-14(18(24)27-3)5-10(12)6-15(23)20(17,2)26/h4-7,12,17,21-22,26H,8H2,1-3H3/t12-,17+,20-/m1/s1. The molecule has 1 aliphatic carbocycles. The van der Waals surface area contributed by atoms with E-state index >= 15 is 0 Å². The van der Waals surface area contributed by atoms with E-state index in [0.717, 1.165) is 6.07 Å². The van der Waals surface area contributed by atoms with Crippen molar-refractivity contribution in [2.24, 2.45) is 5.92 Å². The molecule has 1 aliphatic heterocycles. The summed E-state index contributed by atoms with van der Waals surface area (Å²) in [6.07, 6.45) is 1.13. The molecule has 0 aromatic heterocycles. The first kappa shape index (κ1) is 20.4. The number of aryl methyl sites for hydroxylation is 1. The molecular weight excluding hydrogens is 384 g/mol. The first-order chi connectivity index (χ1) is 13.6. The van der Waals surface area contributed by atoms with E-state index < -0.39 is 41.1 Å². The number of ether oxygens (including phenoxy) is 3. The Morgan fingerprint density at radius 2 is 1.90 bits per heavy atom. The summed E-state index contributed by atoms with van der Waals surface area (Å²) in [5, 5.41) is 30.2. The van der Waals surface area contributed by atoms with E-state index in [4.69, 9.17) is 9.47 Å². The molecule has 3 atom stereocenters. The van der Waals surface area contributed by atoms with Gasteiger partial charge in [0.2, 0.25) is 5.76 Å². The van der Waals surface area contributed by atoms with Crippen molar-refractivity contribution < 1.29 is 43.9 Å². The lowest BCUT2D eigenvalue weighted by atomic mass is 9.75. The van der Waals surface area contributed by atoms with Gasteiger partial charge in [0.25, 0.3) is 0 Å². The van der Waals surface area contributed by atoms with Gasteiger partial charge in [-0.15, -0.1) is 0 Å². The minimum atomic E-state index is -2.05. The smallest absolute Gasteiger partial charge is 0.373 e. The zero-order valence-electron chi connectivity index (χ0n) is 16.0. The summed E-state index contributed by atoms with van der Waals surface area (Å²) < 4.78 is 15.4. The number of carbonyl (C=O) groups is 3. The van der Waals surface area contributed by atoms with Crippen molar-refractivity contribution in [3.63, 3.8) is 0 Å². The van der Waals surface area contributed by atoms with Gasteiger partial charge >= 0.3 is 11.9 Å². The quantitative estimate of drug-likeness (QED) is 0.627. The van der Waals surface area contributed by atoms with Crippen LogP contribution in [0.25, 0.3) is 0 Å². The maximum atomic E-state index is 12.7. The van der Waals surface area contributed by atoms with Gasteiger partial charge in [-0.1, -0.05) is 0 Å². The Kier molecular flexibility index (Phi) is 5.10. The van der Waals surface area contributed by atoms with Crippen LogP contribution in [0.4, 0.5) is 0 Å². The number of benzene rings is 1. The number of carbonyl (C=O) groups excluding carboxylic acids is 3. The van der Waals surface area contributed by atoms with Crippen LogP contribution in [-0.2, 0) is 23.8 Å². The predicted octanol–water partition coefficient (Wildman–Crippen LogP) is 0.895. The fourth-order valence-corrected chi connectivity index (χ4v) is 3.42. The molecule has 1 aromatic rings. The number of hydrogen-bond donors (Lipinski definition) is 3. The predicted molar refractivity (Wildman–Crippen MR) is 97.0 cm³/mol. The molecule has 0 saturated carbocycles. The van der Waals surface area contributed by atoms with Crippen molar-refractivity contribution in [3.05, 3.63) is 46.7 Å². The normalized spacial score (nSPS) is 25.9. The summed E-state index contributed by atoms with van der Waals surface area (Å²) in [6, 6.07) is 2.25. The Morgan fingerprint density at radius 1 is 1.21 bits per heavy atom. The first-order valence-electron chi connectivity index (χ1n) is 8.71. The lowest BCUT2D eigenvalue weighted by molar-refractivity contribution is -0.153. The number of aliphatic hydroxyl groups is 1. The zero-order valence-corrected chi connectivity index (χ0v) is 16.0. The third-order valence-electron chi connectivity index (χ3n) is 4.98. The minimum absolute atomic E-state index is 0.110. The van der Waals surface area contributed by atoms with Crippen LogP contribution in [0.2, 0.25) is 0 Å². The number of aromatic hydroxyl groups is 2. The highest BCUT2D eigenvalue weighted by atomic mass is 16.6. The van der Waals surface area contributed by atoms with Gasteiger partial charge in [0.05, 0.1) is 19.6 Å². The minimum Gasteiger partial charge on any atom is -0.508 e. The summed E-state index contributed by atoms with van der Waals surface area (Å²) in [4.78, 5) is 36.8. The first-order valence-corrected chi connectivity index (χ1v) is 8.71. The summed E-state index contributed by atoms with van der Waals surface area (Å²) in [5.74, 6) is -4.01. The molecule has 9 nitrogen and oxygen atoms in total. The molecule has 3 rings (SSSR count). The number of rotatable bonds is 3. The highest BCUT2D eigenvalue weighted by Crippen LogP contribution is 2.38. The molecule has 0 bridgehead atoms. The lowest BCUT2D eigenvalue weighted by Gasteiger charge is -2.41. The molecule has 154 valence electrons. The molecule has 0 radical (unpaired) electrons. The topological polar surface area (TPSA) is 140 Å². The van der Waals surface area contributed by atoms with Crippen molar-refractivity contribution in [2.45, 2.75) is 25.6 Å². The monoisotopic (exact) mass is 404 g/mol. The van der Waals surface area contributed by atoms with E-state index in [1.54, 1.807) is 0 Å². The molecule has 29 heavy (non-hydrogen) atoms. The van der Waals surface area contributed by atoms with E-state index in [1.165, 1.54) is 39.2 Å². The Morgan fingerprint density at radius 3 is 2.52 bits per heavy atom. The van der Waals surface area contributed by atoms with Gasteiger partial charge in [-0.05, 0) is 43.2 Å². The Balaban J connectivity index is 1.96. The second-order valence-electron chi connectivity index (χ2n) is 7.06. The number of hydrogen-bond acceptors (Lipinski definition) is 9. The highest BCUT2D eigenvalue weighted by Gasteiger charge is 2.51. The van der Waals surface area contributed by atoms with Crippen molar-refractivity contribution in [3.8, 4) is 11.5 Å². The van der Waals surface area contributed by atoms with E-state index in [9.17, 15) is 29.7 Å². The fraction of sp³-hybridized carbons (Fsp3) is 0.350. The number of phenols is 2. The Hall–Kier alpha value is -3.33. The van der Waals surface area contributed by atoms with Crippen molar-refractivity contribution in [2.75, 3.05) is 13.7 Å². The van der Waals surface area contributed by atoms with Crippen molar-refractivity contribution in [1.82, 2.24) is 0 Å². The van der Waals surface area contributed by atoms with Crippen molar-refractivity contribution >= 4 is 17.7 Å². The molecule has 1 aromatic carbocycles. The molecule has 0 spiro atoms. The molecule has 0 fully saturated rings. The molecule has 0 saturated heterocycles. The third-order valence-corrected chi connectivity index (χ3v) is 4.98. The molecule has 3 N–H and O–H groups in total. The average Bonchev–Trinajstić information content (AvgIpc) is 2.63. The molecular formula is C20H20O9. The van der Waals surface area contributed by atoms with Crippen LogP contribution in [0.1, 0.15) is 22.8 Å². The Labute approximate surface area is 165 Å². The number of phenolic OH excluding ortho intramolecular Hbond substituents is 2. The van der Waals surface area contributed by atoms with E-state index in [0.29, 0.717) is 5.57 Å². The molecule has 1 heterocycles. The molecule has 2 aliphatic rings. The van der Waals surface area contributed by atoms with Gasteiger partial charge in [0, 0.05) is 6.07 Å². The molecule has 0 amide bonds. The lowest BCUT2D eigenvalue weighted by Crippen LogP contribution is -2.56. The number of ketones is 1. The average molecular weight is 404 g/mol. The maximum Gasteiger partial charge on any atom is 0.373 e. The van der Waals surface area contributed by atoms with Crippen molar-refractivity contribution in [1.29, 1.82) is 0 Å². The van der Waals surface area contributed by atoms with E-state index in [-0.39, 0.29) is 29.2 Å². The number of allylic oxidation sites excluding steroid dienone is 1. The third kappa shape index (κ3) is 3.56. The molecule has 0 unspecified atom stereocenters. The largest absolute Gasteiger partial charge is 0.508 e. The summed E-state index contributed by atoms with van der Waals surface area (Å²) in [5.41, 5.74) is -1.66. The van der Waals surface area contributed by atoms with E-state index in [2.05, 4.69) is 4.74 Å². The maximum absolute atomic E-state index is 12.7. The van der Waals surface area contributed by atoms with Gasteiger partial charge in [-0.2, -0.15) is 0 Å². The highest BCUT2D eigenvalue weighted by molar-refractivity contribution is 6.01. The van der Waals surface area contributed by atoms with Crippen LogP contribution in [-0.4, -0.2) is 58.5 Å². The SMILES string of the molecule is COC(=O)C1=CC2=CC(=O)[C@@](C)(O)[C@@H](OC(=O)c3c(C)cc(O)cc3O)[C@@H]2CO1. The second-order valence-corrected chi connectivity index (χ2v) is 7.06. The van der Waals surface area contributed by atoms with Crippen LogP contribution in [0, 0.1) is 12.8 Å². The second kappa shape index (κ2) is 7.25. The summed E-state index contributed by atoms with van der Waals surface area (Å²) >= 11 is 0. The van der Waals surface area contributed by atoms with Gasteiger partial charge in [-0.25, -0.2) is 9.59 Å². The number of fused-ring (bicyclic) bond motifs is 1.